The SMILES string of the molecule is CCc1ccc(CC)c(C(Cl)c2ccc(C)o2)c1. The second kappa shape index (κ2) is 5.62. The Morgan fingerprint density at radius 3 is 2.44 bits per heavy atom. The van der Waals surface area contributed by atoms with Crippen LogP contribution in [0.3, 0.4) is 0 Å². The van der Waals surface area contributed by atoms with E-state index in [1.54, 1.807) is 0 Å². The Labute approximate surface area is 114 Å². The summed E-state index contributed by atoms with van der Waals surface area (Å²) in [6, 6.07) is 10.5. The van der Waals surface area contributed by atoms with Gasteiger partial charge in [-0.15, -0.1) is 11.6 Å². The summed E-state index contributed by atoms with van der Waals surface area (Å²) in [4.78, 5) is 0. The highest BCUT2D eigenvalue weighted by molar-refractivity contribution is 6.22. The van der Waals surface area contributed by atoms with Crippen molar-refractivity contribution in [3.05, 3.63) is 58.5 Å². The molecule has 0 saturated carbocycles. The zero-order chi connectivity index (χ0) is 13.1. The summed E-state index contributed by atoms with van der Waals surface area (Å²) in [5.74, 6) is 1.73. The van der Waals surface area contributed by atoms with Gasteiger partial charge in [0.2, 0.25) is 0 Å². The minimum Gasteiger partial charge on any atom is -0.464 e. The molecule has 18 heavy (non-hydrogen) atoms. The molecule has 2 heteroatoms. The van der Waals surface area contributed by atoms with E-state index < -0.39 is 0 Å². The van der Waals surface area contributed by atoms with Gasteiger partial charge in [-0.05, 0) is 48.6 Å². The fourth-order valence-corrected chi connectivity index (χ4v) is 2.49. The van der Waals surface area contributed by atoms with E-state index in [1.807, 2.05) is 19.1 Å². The predicted octanol–water partition coefficient (Wildman–Crippen LogP) is 5.04. The summed E-state index contributed by atoms with van der Waals surface area (Å²) in [5.41, 5.74) is 3.78. The molecule has 1 aromatic heterocycles. The van der Waals surface area contributed by atoms with Gasteiger partial charge in [-0.2, -0.15) is 0 Å². The van der Waals surface area contributed by atoms with Crippen LogP contribution in [0, 0.1) is 6.92 Å². The van der Waals surface area contributed by atoms with Crippen LogP contribution >= 0.6 is 11.6 Å². The molecular formula is C16H19ClO. The van der Waals surface area contributed by atoms with Gasteiger partial charge < -0.3 is 4.42 Å². The maximum Gasteiger partial charge on any atom is 0.126 e. The van der Waals surface area contributed by atoms with Crippen LogP contribution in [-0.2, 0) is 12.8 Å². The first-order valence-corrected chi connectivity index (χ1v) is 6.91. The number of rotatable bonds is 4. The summed E-state index contributed by atoms with van der Waals surface area (Å²) >= 11 is 6.56. The van der Waals surface area contributed by atoms with E-state index in [0.29, 0.717) is 0 Å². The third-order valence-electron chi connectivity index (χ3n) is 3.28. The highest BCUT2D eigenvalue weighted by Gasteiger charge is 2.17. The van der Waals surface area contributed by atoms with Crippen LogP contribution in [0.5, 0.6) is 0 Å². The number of benzene rings is 1. The summed E-state index contributed by atoms with van der Waals surface area (Å²) in [5, 5.41) is -0.194. The van der Waals surface area contributed by atoms with Crippen LogP contribution in [0.15, 0.2) is 34.7 Å². The van der Waals surface area contributed by atoms with E-state index in [9.17, 15) is 0 Å². The van der Waals surface area contributed by atoms with E-state index in [4.69, 9.17) is 16.0 Å². The van der Waals surface area contributed by atoms with Crippen molar-refractivity contribution in [3.8, 4) is 0 Å². The average Bonchev–Trinajstić information content (AvgIpc) is 2.83. The molecule has 1 unspecified atom stereocenters. The number of hydrogen-bond donors (Lipinski definition) is 0. The Morgan fingerprint density at radius 2 is 1.89 bits per heavy atom. The van der Waals surface area contributed by atoms with Gasteiger partial charge in [0.25, 0.3) is 0 Å². The summed E-state index contributed by atoms with van der Waals surface area (Å²) < 4.78 is 5.64. The predicted molar refractivity (Wildman–Crippen MR) is 76.3 cm³/mol. The fraction of sp³-hybridized carbons (Fsp3) is 0.375. The molecular weight excluding hydrogens is 244 g/mol. The highest BCUT2D eigenvalue weighted by Crippen LogP contribution is 2.33. The first kappa shape index (κ1) is 13.2. The summed E-state index contributed by atoms with van der Waals surface area (Å²) in [6.07, 6.45) is 2.01. The van der Waals surface area contributed by atoms with Crippen molar-refractivity contribution in [1.29, 1.82) is 0 Å². The Balaban J connectivity index is 2.41. The number of halogens is 1. The number of hydrogen-bond acceptors (Lipinski definition) is 1. The second-order valence-electron chi connectivity index (χ2n) is 4.55. The zero-order valence-electron chi connectivity index (χ0n) is 11.2. The van der Waals surface area contributed by atoms with Crippen molar-refractivity contribution in [2.75, 3.05) is 0 Å². The number of furan rings is 1. The van der Waals surface area contributed by atoms with E-state index >= 15 is 0 Å². The molecule has 0 amide bonds. The van der Waals surface area contributed by atoms with Crippen LogP contribution in [0.4, 0.5) is 0 Å². The van der Waals surface area contributed by atoms with Crippen molar-refractivity contribution in [3.63, 3.8) is 0 Å². The van der Waals surface area contributed by atoms with Gasteiger partial charge in [-0.25, -0.2) is 0 Å². The van der Waals surface area contributed by atoms with Gasteiger partial charge in [0.15, 0.2) is 0 Å². The summed E-state index contributed by atoms with van der Waals surface area (Å²) in [6.45, 7) is 6.25. The van der Waals surface area contributed by atoms with Crippen molar-refractivity contribution < 1.29 is 4.42 Å². The van der Waals surface area contributed by atoms with Crippen LogP contribution in [-0.4, -0.2) is 0 Å². The molecule has 0 aliphatic heterocycles. The van der Waals surface area contributed by atoms with E-state index in [1.165, 1.54) is 16.7 Å². The first-order chi connectivity index (χ1) is 8.65. The molecule has 2 aromatic rings. The van der Waals surface area contributed by atoms with Crippen molar-refractivity contribution in [2.24, 2.45) is 0 Å². The van der Waals surface area contributed by atoms with E-state index in [-0.39, 0.29) is 5.38 Å². The molecule has 0 radical (unpaired) electrons. The first-order valence-electron chi connectivity index (χ1n) is 6.47. The Kier molecular flexibility index (Phi) is 4.13. The van der Waals surface area contributed by atoms with Crippen molar-refractivity contribution in [1.82, 2.24) is 0 Å². The zero-order valence-corrected chi connectivity index (χ0v) is 11.9. The molecule has 0 saturated heterocycles. The van der Waals surface area contributed by atoms with Gasteiger partial charge in [0, 0.05) is 0 Å². The van der Waals surface area contributed by atoms with Crippen LogP contribution in [0.25, 0.3) is 0 Å². The largest absolute Gasteiger partial charge is 0.464 e. The maximum atomic E-state index is 6.56. The third kappa shape index (κ3) is 2.62. The lowest BCUT2D eigenvalue weighted by Gasteiger charge is -2.14. The molecule has 0 bridgehead atoms. The van der Waals surface area contributed by atoms with E-state index in [0.717, 1.165) is 24.4 Å². The molecule has 0 fully saturated rings. The number of alkyl halides is 1. The fourth-order valence-electron chi connectivity index (χ4n) is 2.17. The van der Waals surface area contributed by atoms with Crippen molar-refractivity contribution >= 4 is 11.6 Å². The van der Waals surface area contributed by atoms with Crippen molar-refractivity contribution in [2.45, 2.75) is 39.0 Å². The molecule has 0 N–H and O–H groups in total. The molecule has 1 aromatic carbocycles. The number of aryl methyl sites for hydroxylation is 3. The molecule has 96 valence electrons. The average molecular weight is 263 g/mol. The molecule has 0 aliphatic carbocycles. The van der Waals surface area contributed by atoms with Crippen LogP contribution in [0.2, 0.25) is 0 Å². The van der Waals surface area contributed by atoms with Gasteiger partial charge in [0.1, 0.15) is 16.9 Å². The lowest BCUT2D eigenvalue weighted by Crippen LogP contribution is -1.99. The quantitative estimate of drug-likeness (QED) is 0.704. The third-order valence-corrected chi connectivity index (χ3v) is 3.73. The van der Waals surface area contributed by atoms with Crippen LogP contribution < -0.4 is 0 Å². The molecule has 1 heterocycles. The molecule has 0 spiro atoms. The van der Waals surface area contributed by atoms with Gasteiger partial charge in [0.05, 0.1) is 0 Å². The van der Waals surface area contributed by atoms with E-state index in [2.05, 4.69) is 32.0 Å². The Morgan fingerprint density at radius 1 is 1.11 bits per heavy atom. The second-order valence-corrected chi connectivity index (χ2v) is 4.99. The standard InChI is InChI=1S/C16H19ClO/c1-4-12-7-8-13(5-2)14(10-12)16(17)15-9-6-11(3)18-15/h6-10,16H,4-5H2,1-3H3. The minimum atomic E-state index is -0.194. The molecule has 1 nitrogen and oxygen atoms in total. The van der Waals surface area contributed by atoms with Gasteiger partial charge >= 0.3 is 0 Å². The molecule has 0 aliphatic rings. The highest BCUT2D eigenvalue weighted by atomic mass is 35.5. The molecule has 2 rings (SSSR count). The lowest BCUT2D eigenvalue weighted by molar-refractivity contribution is 0.488. The van der Waals surface area contributed by atoms with Gasteiger partial charge in [-0.1, -0.05) is 32.0 Å². The molecule has 1 atom stereocenters. The Bertz CT molecular complexity index is 528. The monoisotopic (exact) mass is 262 g/mol. The smallest absolute Gasteiger partial charge is 0.126 e. The topological polar surface area (TPSA) is 13.1 Å². The minimum absolute atomic E-state index is 0.194. The normalized spacial score (nSPS) is 12.7. The van der Waals surface area contributed by atoms with Crippen LogP contribution in [0.1, 0.15) is 47.4 Å². The lowest BCUT2D eigenvalue weighted by atomic mass is 9.97. The summed E-state index contributed by atoms with van der Waals surface area (Å²) in [7, 11) is 0. The Hall–Kier alpha value is -1.21. The maximum absolute atomic E-state index is 6.56. The van der Waals surface area contributed by atoms with Gasteiger partial charge in [-0.3, -0.25) is 0 Å².